The van der Waals surface area contributed by atoms with Crippen LogP contribution >= 0.6 is 38.9 Å². The van der Waals surface area contributed by atoms with E-state index in [2.05, 4.69) is 21.0 Å². The third-order valence-corrected chi connectivity index (χ3v) is 5.50. The number of halogens is 2. The number of aryl methyl sites for hydroxylation is 2. The van der Waals surface area contributed by atoms with Crippen molar-refractivity contribution in [3.63, 3.8) is 0 Å². The van der Waals surface area contributed by atoms with Crippen LogP contribution < -0.4 is 10.3 Å². The zero-order valence-corrected chi connectivity index (χ0v) is 15.3. The van der Waals surface area contributed by atoms with Gasteiger partial charge in [-0.3, -0.25) is 4.79 Å². The third kappa shape index (κ3) is 2.35. The Bertz CT molecular complexity index is 949. The standard InChI is InChI=1S/C15H12BrClN2O2S/c1-7-13(21-3)12(15(20)19(2)18-7)11-9-6-8(17)4-5-10(9)22-14(11)16/h4-6H,1-3H3. The number of nitrogens with zero attached hydrogens (tertiary/aromatic N) is 2. The lowest BCUT2D eigenvalue weighted by Gasteiger charge is -2.12. The summed E-state index contributed by atoms with van der Waals surface area (Å²) in [6.07, 6.45) is 0. The van der Waals surface area contributed by atoms with Crippen molar-refractivity contribution >= 4 is 49.0 Å². The molecule has 114 valence electrons. The molecule has 4 nitrogen and oxygen atoms in total. The first-order chi connectivity index (χ1) is 10.4. The molecule has 0 radical (unpaired) electrons. The Morgan fingerprint density at radius 3 is 2.77 bits per heavy atom. The highest BCUT2D eigenvalue weighted by molar-refractivity contribution is 9.11. The summed E-state index contributed by atoms with van der Waals surface area (Å²) >= 11 is 11.3. The third-order valence-electron chi connectivity index (χ3n) is 3.42. The van der Waals surface area contributed by atoms with Crippen LogP contribution in [0, 0.1) is 6.92 Å². The van der Waals surface area contributed by atoms with E-state index in [1.54, 1.807) is 25.5 Å². The van der Waals surface area contributed by atoms with Gasteiger partial charge in [0, 0.05) is 27.7 Å². The maximum absolute atomic E-state index is 12.7. The van der Waals surface area contributed by atoms with Gasteiger partial charge in [-0.15, -0.1) is 11.3 Å². The van der Waals surface area contributed by atoms with Crippen molar-refractivity contribution in [2.45, 2.75) is 6.92 Å². The van der Waals surface area contributed by atoms with Crippen LogP contribution in [0.4, 0.5) is 0 Å². The fraction of sp³-hybridized carbons (Fsp3) is 0.200. The molecule has 22 heavy (non-hydrogen) atoms. The van der Waals surface area contributed by atoms with E-state index in [0.29, 0.717) is 22.0 Å². The molecule has 0 saturated carbocycles. The van der Waals surface area contributed by atoms with E-state index in [9.17, 15) is 4.79 Å². The molecule has 0 atom stereocenters. The van der Waals surface area contributed by atoms with Gasteiger partial charge in [-0.05, 0) is 41.1 Å². The van der Waals surface area contributed by atoms with E-state index in [1.807, 2.05) is 25.1 Å². The van der Waals surface area contributed by atoms with Crippen LogP contribution in [0.3, 0.4) is 0 Å². The maximum atomic E-state index is 12.7. The normalized spacial score (nSPS) is 11.1. The smallest absolute Gasteiger partial charge is 0.278 e. The van der Waals surface area contributed by atoms with Gasteiger partial charge in [0.25, 0.3) is 5.56 Å². The van der Waals surface area contributed by atoms with E-state index >= 15 is 0 Å². The molecular formula is C15H12BrClN2O2S. The summed E-state index contributed by atoms with van der Waals surface area (Å²) in [5, 5.41) is 5.73. The van der Waals surface area contributed by atoms with Crippen molar-refractivity contribution in [3.05, 3.63) is 43.1 Å². The number of fused-ring (bicyclic) bond motifs is 1. The summed E-state index contributed by atoms with van der Waals surface area (Å²) in [5.41, 5.74) is 1.75. The van der Waals surface area contributed by atoms with Gasteiger partial charge >= 0.3 is 0 Å². The van der Waals surface area contributed by atoms with Crippen molar-refractivity contribution in [2.75, 3.05) is 7.11 Å². The predicted molar refractivity (Wildman–Crippen MR) is 94.3 cm³/mol. The van der Waals surface area contributed by atoms with Crippen molar-refractivity contribution in [1.29, 1.82) is 0 Å². The van der Waals surface area contributed by atoms with E-state index in [1.165, 1.54) is 4.68 Å². The number of benzene rings is 1. The molecule has 0 unspecified atom stereocenters. The van der Waals surface area contributed by atoms with Gasteiger partial charge in [0.05, 0.1) is 16.5 Å². The minimum atomic E-state index is -0.206. The molecule has 3 aromatic rings. The SMILES string of the molecule is COc1c(C)nn(C)c(=O)c1-c1c(Br)sc2ccc(Cl)cc12. The molecule has 7 heteroatoms. The van der Waals surface area contributed by atoms with Gasteiger partial charge in [0.15, 0.2) is 5.75 Å². The summed E-state index contributed by atoms with van der Waals surface area (Å²) in [4.78, 5) is 12.7. The molecule has 2 aromatic heterocycles. The van der Waals surface area contributed by atoms with Crippen molar-refractivity contribution in [2.24, 2.45) is 7.05 Å². The van der Waals surface area contributed by atoms with E-state index in [-0.39, 0.29) is 5.56 Å². The largest absolute Gasteiger partial charge is 0.494 e. The lowest BCUT2D eigenvalue weighted by molar-refractivity contribution is 0.405. The van der Waals surface area contributed by atoms with Crippen LogP contribution in [0.25, 0.3) is 21.2 Å². The number of thiophene rings is 1. The highest BCUT2D eigenvalue weighted by atomic mass is 79.9. The summed E-state index contributed by atoms with van der Waals surface area (Å²) in [6, 6.07) is 5.65. The molecule has 0 amide bonds. The Balaban J connectivity index is 2.49. The summed E-state index contributed by atoms with van der Waals surface area (Å²) in [6.45, 7) is 1.82. The molecule has 1 aromatic carbocycles. The summed E-state index contributed by atoms with van der Waals surface area (Å²) in [5.74, 6) is 0.489. The number of aromatic nitrogens is 2. The Hall–Kier alpha value is -1.37. The minimum absolute atomic E-state index is 0.206. The van der Waals surface area contributed by atoms with Crippen molar-refractivity contribution < 1.29 is 4.74 Å². The average molecular weight is 400 g/mol. The molecule has 0 aliphatic heterocycles. The van der Waals surface area contributed by atoms with Crippen LogP contribution in [0.15, 0.2) is 26.8 Å². The number of hydrogen-bond donors (Lipinski definition) is 0. The second kappa shape index (κ2) is 5.68. The van der Waals surface area contributed by atoms with Gasteiger partial charge in [-0.25, -0.2) is 4.68 Å². The van der Waals surface area contributed by atoms with Gasteiger partial charge in [-0.2, -0.15) is 5.10 Å². The van der Waals surface area contributed by atoms with Crippen LogP contribution in [0.1, 0.15) is 5.69 Å². The van der Waals surface area contributed by atoms with Crippen LogP contribution in [-0.4, -0.2) is 16.9 Å². The highest BCUT2D eigenvalue weighted by Crippen LogP contribution is 2.44. The average Bonchev–Trinajstić information content (AvgIpc) is 2.78. The van der Waals surface area contributed by atoms with Crippen molar-refractivity contribution in [3.8, 4) is 16.9 Å². The van der Waals surface area contributed by atoms with Crippen LogP contribution in [-0.2, 0) is 7.05 Å². The second-order valence-corrected chi connectivity index (χ2v) is 7.62. The molecule has 0 fully saturated rings. The molecule has 3 rings (SSSR count). The number of rotatable bonds is 2. The van der Waals surface area contributed by atoms with E-state index in [0.717, 1.165) is 19.4 Å². The predicted octanol–water partition coefficient (Wildman–Crippen LogP) is 4.39. The molecule has 0 aliphatic carbocycles. The lowest BCUT2D eigenvalue weighted by Crippen LogP contribution is -2.23. The first-order valence-electron chi connectivity index (χ1n) is 6.44. The Kier molecular flexibility index (Phi) is 4.01. The van der Waals surface area contributed by atoms with Crippen molar-refractivity contribution in [1.82, 2.24) is 9.78 Å². The molecule has 0 spiro atoms. The molecule has 2 heterocycles. The fourth-order valence-corrected chi connectivity index (χ4v) is 4.52. The van der Waals surface area contributed by atoms with Crippen LogP contribution in [0.5, 0.6) is 5.75 Å². The molecule has 0 N–H and O–H groups in total. The second-order valence-electron chi connectivity index (χ2n) is 4.81. The fourth-order valence-electron chi connectivity index (χ4n) is 2.50. The molecular weight excluding hydrogens is 388 g/mol. The number of hydrogen-bond acceptors (Lipinski definition) is 4. The van der Waals surface area contributed by atoms with E-state index in [4.69, 9.17) is 16.3 Å². The topological polar surface area (TPSA) is 44.1 Å². The zero-order chi connectivity index (χ0) is 16.0. The maximum Gasteiger partial charge on any atom is 0.278 e. The molecule has 0 aliphatic rings. The number of ether oxygens (including phenoxy) is 1. The van der Waals surface area contributed by atoms with E-state index < -0.39 is 0 Å². The summed E-state index contributed by atoms with van der Waals surface area (Å²) in [7, 11) is 3.18. The first-order valence-corrected chi connectivity index (χ1v) is 8.42. The Morgan fingerprint density at radius 2 is 2.09 bits per heavy atom. The van der Waals surface area contributed by atoms with Gasteiger partial charge in [0.1, 0.15) is 5.69 Å². The summed E-state index contributed by atoms with van der Waals surface area (Å²) < 4.78 is 8.68. The lowest BCUT2D eigenvalue weighted by atomic mass is 10.0. The van der Waals surface area contributed by atoms with Crippen LogP contribution in [0.2, 0.25) is 5.02 Å². The Morgan fingerprint density at radius 1 is 1.36 bits per heavy atom. The molecule has 0 saturated heterocycles. The van der Waals surface area contributed by atoms with Gasteiger partial charge in [0.2, 0.25) is 0 Å². The van der Waals surface area contributed by atoms with Gasteiger partial charge in [-0.1, -0.05) is 11.6 Å². The quantitative estimate of drug-likeness (QED) is 0.642. The minimum Gasteiger partial charge on any atom is -0.494 e. The first kappa shape index (κ1) is 15.5. The number of methoxy groups -OCH3 is 1. The Labute approximate surface area is 144 Å². The monoisotopic (exact) mass is 398 g/mol. The molecule has 0 bridgehead atoms. The zero-order valence-electron chi connectivity index (χ0n) is 12.1. The highest BCUT2D eigenvalue weighted by Gasteiger charge is 2.22. The van der Waals surface area contributed by atoms with Gasteiger partial charge < -0.3 is 4.74 Å².